The van der Waals surface area contributed by atoms with Crippen molar-refractivity contribution in [3.05, 3.63) is 29.6 Å². The molecule has 0 aliphatic rings. The molecule has 1 aromatic rings. The van der Waals surface area contributed by atoms with Gasteiger partial charge in [-0.15, -0.1) is 0 Å². The van der Waals surface area contributed by atoms with Crippen LogP contribution < -0.4 is 11.1 Å². The smallest absolute Gasteiger partial charge is 0.254 e. The minimum absolute atomic E-state index is 0.0128. The molecule has 0 radical (unpaired) electrons. The number of carbonyl (C=O) groups is 1. The average Bonchev–Trinajstić information content (AvgIpc) is 2.31. The van der Waals surface area contributed by atoms with E-state index in [0.717, 1.165) is 19.3 Å². The molecule has 0 aromatic heterocycles. The molecule has 0 heterocycles. The number of halogens is 1. The highest BCUT2D eigenvalue weighted by Gasteiger charge is 2.11. The second-order valence-electron chi connectivity index (χ2n) is 4.88. The molecule has 1 amide bonds. The third kappa shape index (κ3) is 4.73. The molecular weight excluding hydrogens is 231 g/mol. The summed E-state index contributed by atoms with van der Waals surface area (Å²) in [6, 6.07) is 4.01. The number of benzene rings is 1. The number of unbranched alkanes of at least 4 members (excludes halogenated alkanes) is 1. The SMILES string of the molecule is CC(C)CCCCNC(=O)c1cc(N)ccc1F. The minimum atomic E-state index is -0.538. The summed E-state index contributed by atoms with van der Waals surface area (Å²) >= 11 is 0. The molecule has 0 unspecified atom stereocenters. The van der Waals surface area contributed by atoms with Crippen LogP contribution in [0.2, 0.25) is 0 Å². The molecular formula is C14H21FN2O. The van der Waals surface area contributed by atoms with Gasteiger partial charge in [0, 0.05) is 12.2 Å². The van der Waals surface area contributed by atoms with E-state index in [1.807, 2.05) is 0 Å². The van der Waals surface area contributed by atoms with E-state index in [1.165, 1.54) is 18.2 Å². The van der Waals surface area contributed by atoms with Gasteiger partial charge in [0.2, 0.25) is 0 Å². The highest BCUT2D eigenvalue weighted by Crippen LogP contribution is 2.12. The maximum atomic E-state index is 13.4. The number of anilines is 1. The molecule has 0 fully saturated rings. The predicted molar refractivity (Wildman–Crippen MR) is 71.8 cm³/mol. The average molecular weight is 252 g/mol. The second kappa shape index (κ2) is 6.99. The van der Waals surface area contributed by atoms with Crippen LogP contribution in [0.25, 0.3) is 0 Å². The quantitative estimate of drug-likeness (QED) is 0.604. The molecule has 0 aliphatic carbocycles. The molecule has 18 heavy (non-hydrogen) atoms. The molecule has 0 atom stereocenters. The van der Waals surface area contributed by atoms with E-state index in [4.69, 9.17) is 5.73 Å². The van der Waals surface area contributed by atoms with Crippen molar-refractivity contribution in [2.75, 3.05) is 12.3 Å². The van der Waals surface area contributed by atoms with Crippen molar-refractivity contribution in [2.24, 2.45) is 5.92 Å². The first-order valence-electron chi connectivity index (χ1n) is 6.34. The summed E-state index contributed by atoms with van der Waals surface area (Å²) in [5.74, 6) is -0.264. The Morgan fingerprint density at radius 2 is 2.11 bits per heavy atom. The van der Waals surface area contributed by atoms with Gasteiger partial charge in [-0.1, -0.05) is 26.7 Å². The molecule has 0 spiro atoms. The molecule has 1 rings (SSSR count). The zero-order valence-electron chi connectivity index (χ0n) is 11.0. The fourth-order valence-corrected chi connectivity index (χ4v) is 1.69. The number of nitrogens with one attached hydrogen (secondary N) is 1. The van der Waals surface area contributed by atoms with E-state index in [-0.39, 0.29) is 5.56 Å². The van der Waals surface area contributed by atoms with Gasteiger partial charge in [-0.25, -0.2) is 4.39 Å². The highest BCUT2D eigenvalue weighted by molar-refractivity contribution is 5.95. The van der Waals surface area contributed by atoms with E-state index >= 15 is 0 Å². The monoisotopic (exact) mass is 252 g/mol. The van der Waals surface area contributed by atoms with Gasteiger partial charge in [0.15, 0.2) is 0 Å². The van der Waals surface area contributed by atoms with Crippen LogP contribution in [0.5, 0.6) is 0 Å². The summed E-state index contributed by atoms with van der Waals surface area (Å²) < 4.78 is 13.4. The Morgan fingerprint density at radius 1 is 1.39 bits per heavy atom. The Balaban J connectivity index is 2.39. The third-order valence-electron chi connectivity index (χ3n) is 2.73. The molecule has 1 aromatic carbocycles. The lowest BCUT2D eigenvalue weighted by molar-refractivity contribution is 0.0949. The number of rotatable bonds is 6. The first kappa shape index (κ1) is 14.5. The summed E-state index contributed by atoms with van der Waals surface area (Å²) in [5, 5.41) is 2.71. The summed E-state index contributed by atoms with van der Waals surface area (Å²) in [4.78, 5) is 11.7. The first-order valence-corrected chi connectivity index (χ1v) is 6.34. The van der Waals surface area contributed by atoms with Gasteiger partial charge in [0.05, 0.1) is 5.56 Å². The van der Waals surface area contributed by atoms with E-state index in [1.54, 1.807) is 0 Å². The van der Waals surface area contributed by atoms with E-state index in [2.05, 4.69) is 19.2 Å². The molecule has 3 N–H and O–H groups in total. The summed E-state index contributed by atoms with van der Waals surface area (Å²) in [7, 11) is 0. The molecule has 3 nitrogen and oxygen atoms in total. The zero-order chi connectivity index (χ0) is 13.5. The van der Waals surface area contributed by atoms with Crippen molar-refractivity contribution in [3.63, 3.8) is 0 Å². The summed E-state index contributed by atoms with van der Waals surface area (Å²) in [6.45, 7) is 4.90. The number of hydrogen-bond donors (Lipinski definition) is 2. The van der Waals surface area contributed by atoms with Crippen molar-refractivity contribution in [1.29, 1.82) is 0 Å². The van der Waals surface area contributed by atoms with Gasteiger partial charge in [-0.05, 0) is 30.5 Å². The van der Waals surface area contributed by atoms with Gasteiger partial charge in [0.1, 0.15) is 5.82 Å². The Kier molecular flexibility index (Phi) is 5.62. The van der Waals surface area contributed by atoms with Crippen molar-refractivity contribution in [2.45, 2.75) is 33.1 Å². The van der Waals surface area contributed by atoms with Gasteiger partial charge < -0.3 is 11.1 Å². The number of amides is 1. The van der Waals surface area contributed by atoms with Crippen LogP contribution in [0.3, 0.4) is 0 Å². The fraction of sp³-hybridized carbons (Fsp3) is 0.500. The van der Waals surface area contributed by atoms with E-state index in [9.17, 15) is 9.18 Å². The highest BCUT2D eigenvalue weighted by atomic mass is 19.1. The molecule has 100 valence electrons. The molecule has 4 heteroatoms. The van der Waals surface area contributed by atoms with Gasteiger partial charge >= 0.3 is 0 Å². The molecule has 0 saturated heterocycles. The number of nitrogens with two attached hydrogens (primary N) is 1. The standard InChI is InChI=1S/C14H21FN2O/c1-10(2)5-3-4-8-17-14(18)12-9-11(16)6-7-13(12)15/h6-7,9-10H,3-5,8,16H2,1-2H3,(H,17,18). The lowest BCUT2D eigenvalue weighted by Gasteiger charge is -2.07. The Labute approximate surface area is 108 Å². The van der Waals surface area contributed by atoms with Gasteiger partial charge in [-0.2, -0.15) is 0 Å². The van der Waals surface area contributed by atoms with Crippen LogP contribution in [0.1, 0.15) is 43.5 Å². The minimum Gasteiger partial charge on any atom is -0.399 e. The zero-order valence-corrected chi connectivity index (χ0v) is 11.0. The number of carbonyl (C=O) groups excluding carboxylic acids is 1. The normalized spacial score (nSPS) is 10.7. The molecule has 0 bridgehead atoms. The summed E-state index contributed by atoms with van der Waals surface area (Å²) in [5.41, 5.74) is 5.93. The predicted octanol–water partition coefficient (Wildman–Crippen LogP) is 2.96. The molecule has 0 saturated carbocycles. The Hall–Kier alpha value is -1.58. The lowest BCUT2D eigenvalue weighted by Crippen LogP contribution is -2.25. The van der Waals surface area contributed by atoms with E-state index in [0.29, 0.717) is 18.2 Å². The van der Waals surface area contributed by atoms with Gasteiger partial charge in [-0.3, -0.25) is 4.79 Å². The van der Waals surface area contributed by atoms with Crippen LogP contribution in [0.15, 0.2) is 18.2 Å². The first-order chi connectivity index (χ1) is 8.50. The van der Waals surface area contributed by atoms with Gasteiger partial charge in [0.25, 0.3) is 5.91 Å². The fourth-order valence-electron chi connectivity index (χ4n) is 1.69. The number of hydrogen-bond acceptors (Lipinski definition) is 2. The maximum Gasteiger partial charge on any atom is 0.254 e. The topological polar surface area (TPSA) is 55.1 Å². The largest absolute Gasteiger partial charge is 0.399 e. The van der Waals surface area contributed by atoms with Crippen LogP contribution in [0.4, 0.5) is 10.1 Å². The van der Waals surface area contributed by atoms with Crippen LogP contribution in [0, 0.1) is 11.7 Å². The van der Waals surface area contributed by atoms with Crippen LogP contribution >= 0.6 is 0 Å². The van der Waals surface area contributed by atoms with Crippen molar-refractivity contribution >= 4 is 11.6 Å². The van der Waals surface area contributed by atoms with Crippen LogP contribution in [-0.2, 0) is 0 Å². The Bertz CT molecular complexity index is 405. The van der Waals surface area contributed by atoms with E-state index < -0.39 is 11.7 Å². The van der Waals surface area contributed by atoms with Crippen molar-refractivity contribution in [1.82, 2.24) is 5.32 Å². The summed E-state index contributed by atoms with van der Waals surface area (Å²) in [6.07, 6.45) is 3.12. The maximum absolute atomic E-state index is 13.4. The number of nitrogen functional groups attached to an aromatic ring is 1. The second-order valence-corrected chi connectivity index (χ2v) is 4.88. The lowest BCUT2D eigenvalue weighted by atomic mass is 10.1. The third-order valence-corrected chi connectivity index (χ3v) is 2.73. The van der Waals surface area contributed by atoms with Crippen molar-refractivity contribution in [3.8, 4) is 0 Å². The van der Waals surface area contributed by atoms with Crippen LogP contribution in [-0.4, -0.2) is 12.5 Å². The Morgan fingerprint density at radius 3 is 2.78 bits per heavy atom. The molecule has 0 aliphatic heterocycles. The van der Waals surface area contributed by atoms with Crippen molar-refractivity contribution < 1.29 is 9.18 Å².